The molecule has 3 amide bonds. The molecule has 3 heterocycles. The van der Waals surface area contributed by atoms with Crippen molar-refractivity contribution in [3.8, 4) is 11.5 Å². The molecule has 3 aromatic rings. The summed E-state index contributed by atoms with van der Waals surface area (Å²) in [7, 11) is 0. The number of aromatic nitrogens is 1. The van der Waals surface area contributed by atoms with E-state index < -0.39 is 17.7 Å². The van der Waals surface area contributed by atoms with Crippen molar-refractivity contribution in [1.29, 1.82) is 0 Å². The lowest BCUT2D eigenvalue weighted by atomic mass is 9.92. The number of hydrogen-bond acceptors (Lipinski definition) is 7. The van der Waals surface area contributed by atoms with Crippen LogP contribution < -0.4 is 15.0 Å². The monoisotopic (exact) mass is 534 g/mol. The molecule has 0 spiro atoms. The summed E-state index contributed by atoms with van der Waals surface area (Å²) >= 11 is 0. The lowest BCUT2D eigenvalue weighted by molar-refractivity contribution is -0.162. The van der Waals surface area contributed by atoms with Gasteiger partial charge in [-0.25, -0.2) is 0 Å². The number of carbonyl (C=O) groups excluding carboxylic acids is 4. The molecule has 0 aliphatic carbocycles. The molecule has 2 atom stereocenters. The summed E-state index contributed by atoms with van der Waals surface area (Å²) in [6.07, 6.45) is 1.94. The predicted molar refractivity (Wildman–Crippen MR) is 141 cm³/mol. The zero-order chi connectivity index (χ0) is 27.9. The molecular formula is C28H30N4O7. The highest BCUT2D eigenvalue weighted by Crippen LogP contribution is 2.54. The third-order valence-electron chi connectivity index (χ3n) is 7.27. The second-order valence-corrected chi connectivity index (χ2v) is 9.82. The highest BCUT2D eigenvalue weighted by Gasteiger charge is 2.62. The molecule has 1 saturated heterocycles. The Morgan fingerprint density at radius 2 is 1.90 bits per heavy atom. The van der Waals surface area contributed by atoms with Gasteiger partial charge in [-0.05, 0) is 48.4 Å². The minimum Gasteiger partial charge on any atom is -0.508 e. The Morgan fingerprint density at radius 3 is 2.62 bits per heavy atom. The maximum atomic E-state index is 12.7. The Kier molecular flexibility index (Phi) is 6.67. The number of hydrogen-bond donors (Lipinski definition) is 3. The Bertz CT molecular complexity index is 1480. The molecular weight excluding hydrogens is 504 g/mol. The molecule has 3 N–H and O–H groups in total. The Morgan fingerprint density at radius 1 is 1.10 bits per heavy atom. The van der Waals surface area contributed by atoms with Crippen molar-refractivity contribution >= 4 is 40.3 Å². The van der Waals surface area contributed by atoms with Gasteiger partial charge in [-0.2, -0.15) is 0 Å². The van der Waals surface area contributed by atoms with Gasteiger partial charge in [-0.1, -0.05) is 0 Å². The Hall–Kier alpha value is -4.54. The number of nitrogens with one attached hydrogen (secondary N) is 2. The fourth-order valence-corrected chi connectivity index (χ4v) is 5.69. The summed E-state index contributed by atoms with van der Waals surface area (Å²) in [6, 6.07) is 10.1. The molecule has 1 fully saturated rings. The second-order valence-electron chi connectivity index (χ2n) is 9.82. The molecule has 11 heteroatoms. The lowest BCUT2D eigenvalue weighted by Gasteiger charge is -2.35. The van der Waals surface area contributed by atoms with Gasteiger partial charge in [0.2, 0.25) is 11.8 Å². The molecule has 0 saturated carbocycles. The van der Waals surface area contributed by atoms with Crippen molar-refractivity contribution in [2.75, 3.05) is 24.6 Å². The van der Waals surface area contributed by atoms with E-state index in [0.29, 0.717) is 42.9 Å². The summed E-state index contributed by atoms with van der Waals surface area (Å²) in [5.41, 5.74) is 1.73. The third kappa shape index (κ3) is 4.64. The fraction of sp³-hybridized carbons (Fsp3) is 0.357. The largest absolute Gasteiger partial charge is 0.508 e. The quantitative estimate of drug-likeness (QED) is 0.395. The van der Waals surface area contributed by atoms with Crippen LogP contribution in [0.2, 0.25) is 0 Å². The smallest absolute Gasteiger partial charge is 0.303 e. The van der Waals surface area contributed by atoms with Crippen LogP contribution in [0.1, 0.15) is 38.3 Å². The van der Waals surface area contributed by atoms with Gasteiger partial charge in [0, 0.05) is 62.9 Å². The van der Waals surface area contributed by atoms with Gasteiger partial charge in [0.15, 0.2) is 18.4 Å². The number of phenolic OH excluding ortho intramolecular Hbond substituents is 1. The Labute approximate surface area is 224 Å². The first-order valence-electron chi connectivity index (χ1n) is 12.7. The Balaban J connectivity index is 1.29. The van der Waals surface area contributed by atoms with Gasteiger partial charge in [0.25, 0.3) is 5.91 Å². The molecule has 39 heavy (non-hydrogen) atoms. The molecule has 2 aliphatic rings. The summed E-state index contributed by atoms with van der Waals surface area (Å²) < 4.78 is 11.6. The number of nitrogens with zero attached hydrogens (tertiary/aromatic N) is 2. The van der Waals surface area contributed by atoms with E-state index in [2.05, 4.69) is 10.3 Å². The number of fused-ring (bicyclic) bond motifs is 4. The predicted octanol–water partition coefficient (Wildman–Crippen LogP) is 2.31. The number of ether oxygens (including phenoxy) is 2. The van der Waals surface area contributed by atoms with Crippen molar-refractivity contribution in [2.24, 2.45) is 0 Å². The maximum absolute atomic E-state index is 12.7. The summed E-state index contributed by atoms with van der Waals surface area (Å²) in [5, 5.41) is 13.5. The van der Waals surface area contributed by atoms with E-state index in [4.69, 9.17) is 9.47 Å². The maximum Gasteiger partial charge on any atom is 0.303 e. The number of esters is 1. The van der Waals surface area contributed by atoms with Crippen LogP contribution in [-0.2, 0) is 35.9 Å². The van der Waals surface area contributed by atoms with Crippen LogP contribution in [-0.4, -0.2) is 64.5 Å². The first kappa shape index (κ1) is 26.1. The van der Waals surface area contributed by atoms with Gasteiger partial charge < -0.3 is 29.8 Å². The SMILES string of the molecule is CC(=O)OC12CCN(C(C)=O)C1N(C(C)=O)c1ccc(OCC(=O)NCCc3c[nH]c4ccc(O)cc34)cc12. The van der Waals surface area contributed by atoms with Crippen LogP contribution in [0.3, 0.4) is 0 Å². The first-order valence-corrected chi connectivity index (χ1v) is 12.7. The highest BCUT2D eigenvalue weighted by molar-refractivity contribution is 5.97. The van der Waals surface area contributed by atoms with E-state index in [1.165, 1.54) is 30.6 Å². The number of likely N-dealkylation sites (tertiary alicyclic amines) is 1. The fourth-order valence-electron chi connectivity index (χ4n) is 5.69. The molecule has 2 aromatic carbocycles. The number of carbonyl (C=O) groups is 4. The van der Waals surface area contributed by atoms with Crippen LogP contribution in [0.15, 0.2) is 42.6 Å². The lowest BCUT2D eigenvalue weighted by Crippen LogP contribution is -2.54. The van der Waals surface area contributed by atoms with Crippen molar-refractivity contribution < 1.29 is 33.8 Å². The third-order valence-corrected chi connectivity index (χ3v) is 7.27. The summed E-state index contributed by atoms with van der Waals surface area (Å²) in [4.78, 5) is 55.9. The average molecular weight is 535 g/mol. The van der Waals surface area contributed by atoms with E-state index in [-0.39, 0.29) is 30.1 Å². The van der Waals surface area contributed by atoms with E-state index in [1.54, 1.807) is 36.4 Å². The van der Waals surface area contributed by atoms with E-state index in [0.717, 1.165) is 16.5 Å². The van der Waals surface area contributed by atoms with Crippen molar-refractivity contribution in [2.45, 2.75) is 45.4 Å². The molecule has 2 unspecified atom stereocenters. The van der Waals surface area contributed by atoms with Gasteiger partial charge in [0.1, 0.15) is 11.5 Å². The molecule has 1 aromatic heterocycles. The zero-order valence-electron chi connectivity index (χ0n) is 21.9. The summed E-state index contributed by atoms with van der Waals surface area (Å²) in [5.74, 6) is -0.826. The normalized spacial score (nSPS) is 19.5. The number of benzene rings is 2. The number of phenols is 1. The number of anilines is 1. The number of aromatic hydroxyl groups is 1. The molecule has 0 radical (unpaired) electrons. The summed E-state index contributed by atoms with van der Waals surface area (Å²) in [6.45, 7) is 4.56. The molecule has 5 rings (SSSR count). The number of H-pyrrole nitrogens is 1. The highest BCUT2D eigenvalue weighted by atomic mass is 16.6. The van der Waals surface area contributed by atoms with Crippen molar-refractivity contribution in [1.82, 2.24) is 15.2 Å². The number of aromatic amines is 1. The van der Waals surface area contributed by atoms with Crippen LogP contribution in [0, 0.1) is 0 Å². The molecule has 204 valence electrons. The van der Waals surface area contributed by atoms with E-state index in [9.17, 15) is 24.3 Å². The van der Waals surface area contributed by atoms with Crippen LogP contribution >= 0.6 is 0 Å². The first-order chi connectivity index (χ1) is 18.6. The number of amides is 3. The van der Waals surface area contributed by atoms with Gasteiger partial charge in [-0.15, -0.1) is 0 Å². The van der Waals surface area contributed by atoms with Crippen LogP contribution in [0.25, 0.3) is 10.9 Å². The molecule has 11 nitrogen and oxygen atoms in total. The van der Waals surface area contributed by atoms with E-state index in [1.807, 2.05) is 6.20 Å². The topological polar surface area (TPSA) is 141 Å². The van der Waals surface area contributed by atoms with Gasteiger partial charge in [-0.3, -0.25) is 24.1 Å². The average Bonchev–Trinajstić information content (AvgIpc) is 3.52. The molecule has 0 bridgehead atoms. The van der Waals surface area contributed by atoms with E-state index >= 15 is 0 Å². The van der Waals surface area contributed by atoms with Crippen LogP contribution in [0.4, 0.5) is 5.69 Å². The minimum absolute atomic E-state index is 0.176. The zero-order valence-corrected chi connectivity index (χ0v) is 21.9. The van der Waals surface area contributed by atoms with Crippen molar-refractivity contribution in [3.05, 3.63) is 53.7 Å². The van der Waals surface area contributed by atoms with Gasteiger partial charge in [0.05, 0.1) is 5.69 Å². The van der Waals surface area contributed by atoms with Crippen LogP contribution in [0.5, 0.6) is 11.5 Å². The number of rotatable bonds is 7. The van der Waals surface area contributed by atoms with Gasteiger partial charge >= 0.3 is 5.97 Å². The van der Waals surface area contributed by atoms with Crippen molar-refractivity contribution in [3.63, 3.8) is 0 Å². The molecule has 2 aliphatic heterocycles. The minimum atomic E-state index is -1.23. The standard InChI is InChI=1S/C28H30N4O7/c1-16(33)31-11-9-28(39-18(3)35)23-13-21(5-7-25(23)32(17(2)34)27(28)31)38-15-26(37)29-10-8-19-14-30-24-6-4-20(36)12-22(19)24/h4-7,12-14,27,30,36H,8-11,15H2,1-3H3,(H,29,37). The second kappa shape index (κ2) is 9.97.